The second-order valence-electron chi connectivity index (χ2n) is 21.4. The largest absolute Gasteiger partial charge is 0.451 e. The fourth-order valence-electron chi connectivity index (χ4n) is 11.2. The Bertz CT molecular complexity index is 3760. The van der Waals surface area contributed by atoms with E-state index in [4.69, 9.17) is 19.4 Å². The van der Waals surface area contributed by atoms with Crippen molar-refractivity contribution >= 4 is 23.9 Å². The van der Waals surface area contributed by atoms with Crippen molar-refractivity contribution in [2.24, 2.45) is 0 Å². The van der Waals surface area contributed by atoms with Crippen LogP contribution in [0.3, 0.4) is 0 Å². The van der Waals surface area contributed by atoms with Gasteiger partial charge >= 0.3 is 12.1 Å². The molecule has 0 saturated heterocycles. The van der Waals surface area contributed by atoms with E-state index in [1.807, 2.05) is 99.6 Å². The van der Waals surface area contributed by atoms with Crippen molar-refractivity contribution < 1.29 is 43.3 Å². The van der Waals surface area contributed by atoms with Crippen LogP contribution in [-0.4, -0.2) is 95.4 Å². The average Bonchev–Trinajstić information content (AvgIpc) is 2.15. The molecule has 18 nitrogen and oxygen atoms in total. The van der Waals surface area contributed by atoms with E-state index in [1.54, 1.807) is 77.1 Å². The zero-order chi connectivity index (χ0) is 58.4. The third-order valence-electron chi connectivity index (χ3n) is 15.1. The monoisotopic (exact) mass is 1130 g/mol. The topological polar surface area (TPSA) is 233 Å². The van der Waals surface area contributed by atoms with Crippen LogP contribution in [-0.2, 0) is 26.2 Å². The Kier molecular flexibility index (Phi) is 16.7. The number of amides is 6. The molecule has 3 aliphatic rings. The molecule has 11 rings (SSSR count). The van der Waals surface area contributed by atoms with Crippen molar-refractivity contribution in [1.29, 1.82) is 0 Å². The van der Waals surface area contributed by atoms with Gasteiger partial charge in [-0.2, -0.15) is 0 Å². The average molecular weight is 1130 g/mol. The van der Waals surface area contributed by atoms with Gasteiger partial charge in [0.1, 0.15) is 17.2 Å². The van der Waals surface area contributed by atoms with Crippen LogP contribution in [0.2, 0.25) is 0 Å². The van der Waals surface area contributed by atoms with E-state index in [2.05, 4.69) is 31.2 Å². The summed E-state index contributed by atoms with van der Waals surface area (Å²) in [6.45, 7) is 5.58. The van der Waals surface area contributed by atoms with Crippen molar-refractivity contribution in [3.63, 3.8) is 0 Å². The summed E-state index contributed by atoms with van der Waals surface area (Å²) in [5.41, 5.74) is 10.2. The van der Waals surface area contributed by atoms with Gasteiger partial charge in [-0.25, -0.2) is 23.9 Å². The van der Waals surface area contributed by atoms with Gasteiger partial charge in [0.2, 0.25) is 6.29 Å². The summed E-state index contributed by atoms with van der Waals surface area (Å²) in [5.74, 6) is -0.438. The molecule has 4 aromatic heterocycles. The second-order valence-corrected chi connectivity index (χ2v) is 21.4. The van der Waals surface area contributed by atoms with E-state index < -0.39 is 48.1 Å². The molecule has 84 heavy (non-hydrogen) atoms. The number of halogens is 1. The molecule has 3 aliphatic heterocycles. The Balaban J connectivity index is 0.774. The Morgan fingerprint density at radius 1 is 0.595 bits per heavy atom. The van der Waals surface area contributed by atoms with Crippen LogP contribution >= 0.6 is 0 Å². The molecule has 0 fully saturated rings. The highest BCUT2D eigenvalue weighted by atomic mass is 19.1. The summed E-state index contributed by atoms with van der Waals surface area (Å²) in [6.07, 6.45) is 6.88. The van der Waals surface area contributed by atoms with Crippen LogP contribution in [0.15, 0.2) is 152 Å². The van der Waals surface area contributed by atoms with Gasteiger partial charge in [-0.3, -0.25) is 19.6 Å². The third kappa shape index (κ3) is 12.1. The van der Waals surface area contributed by atoms with Gasteiger partial charge in [-0.15, -0.1) is 0 Å². The molecule has 0 spiro atoms. The molecule has 4 atom stereocenters. The Hall–Kier alpha value is -9.59. The summed E-state index contributed by atoms with van der Waals surface area (Å²) in [4.78, 5) is 77.9. The number of hydrogen-bond acceptors (Lipinski definition) is 12. The lowest BCUT2D eigenvalue weighted by Gasteiger charge is -2.28. The first-order valence-corrected chi connectivity index (χ1v) is 28.0. The highest BCUT2D eigenvalue weighted by Crippen LogP contribution is 2.45. The molecule has 0 radical (unpaired) electrons. The van der Waals surface area contributed by atoms with Crippen LogP contribution in [0.5, 0.6) is 11.5 Å². The molecule has 0 bridgehead atoms. The lowest BCUT2D eigenvalue weighted by atomic mass is 9.94. The van der Waals surface area contributed by atoms with Gasteiger partial charge in [0.15, 0.2) is 11.5 Å². The summed E-state index contributed by atoms with van der Waals surface area (Å²) in [6, 6.07) is 35.7. The van der Waals surface area contributed by atoms with E-state index in [-0.39, 0.29) is 82.1 Å². The minimum atomic E-state index is -0.764. The number of fused-ring (bicyclic) bond motifs is 3. The molecule has 0 saturated carbocycles. The summed E-state index contributed by atoms with van der Waals surface area (Å²) in [7, 11) is 0. The van der Waals surface area contributed by atoms with E-state index in [0.717, 1.165) is 44.5 Å². The maximum Gasteiger partial charge on any atom is 0.318 e. The fraction of sp³-hybridized carbons (Fsp3) is 0.262. The van der Waals surface area contributed by atoms with Crippen LogP contribution in [0.1, 0.15) is 106 Å². The highest BCUT2D eigenvalue weighted by molar-refractivity contribution is 5.95. The Morgan fingerprint density at radius 2 is 1.12 bits per heavy atom. The predicted octanol–water partition coefficient (Wildman–Crippen LogP) is 9.82. The van der Waals surface area contributed by atoms with E-state index in [0.29, 0.717) is 45.1 Å². The number of rotatable bonds is 18. The summed E-state index contributed by atoms with van der Waals surface area (Å²) >= 11 is 0. The minimum absolute atomic E-state index is 0.0630. The maximum atomic E-state index is 14.6. The molecular weight excluding hydrogens is 1070 g/mol. The first kappa shape index (κ1) is 56.3. The molecule has 6 N–H and O–H groups in total. The summed E-state index contributed by atoms with van der Waals surface area (Å²) in [5, 5.41) is 32.6. The lowest BCUT2D eigenvalue weighted by molar-refractivity contribution is 0.0343. The fourth-order valence-corrected chi connectivity index (χ4v) is 11.2. The van der Waals surface area contributed by atoms with Crippen molar-refractivity contribution in [1.82, 2.24) is 51.0 Å². The van der Waals surface area contributed by atoms with Crippen LogP contribution in [0, 0.1) is 5.82 Å². The number of nitrogens with one attached hydrogen (secondary N) is 4. The molecule has 7 heterocycles. The Labute approximate surface area is 485 Å². The van der Waals surface area contributed by atoms with Crippen LogP contribution in [0.4, 0.5) is 14.0 Å². The molecule has 6 amide bonds. The maximum absolute atomic E-state index is 14.6. The third-order valence-corrected chi connectivity index (χ3v) is 15.1. The quantitative estimate of drug-likeness (QED) is 0.0471. The van der Waals surface area contributed by atoms with Crippen molar-refractivity contribution in [2.45, 2.75) is 96.7 Å². The number of aliphatic hydroxyl groups is 2. The zero-order valence-electron chi connectivity index (χ0n) is 46.6. The van der Waals surface area contributed by atoms with Gasteiger partial charge in [-0.05, 0) is 116 Å². The number of hydrogen-bond donors (Lipinski definition) is 6. The standard InChI is InChI=1S/C65H63FN10O8/c1-38(2)71-64(81)75-36-48-30-51(73-60(58(48)53(75)20-24-77)43-13-6-11-41(28-43)45-15-8-22-67-33-45)62(79)69-32-40-18-19-55-56(27-40)84-57(83-55)26-39(3)72-65(82)76-37-49-31-52(63(80)70-35-47-10-4-5-17-50(47)66)74-61(59(49)54(76)21-25-78)44-14-7-12-42(29-44)46-16-9-23-68-34-46/h4-19,22-23,27-31,33-34,38-39,53-54,57,77-78H,20-21,24-26,32,35-37H2,1-3H3,(H,69,79)(H,70,80)(H,71,81)(H,72,82)/t39?,53-,54-,57?/m1/s1. The number of ether oxygens (including phenoxy) is 2. The van der Waals surface area contributed by atoms with Gasteiger partial charge in [-0.1, -0.05) is 72.8 Å². The number of aromatic nitrogens is 4. The number of pyridine rings is 4. The minimum Gasteiger partial charge on any atom is -0.451 e. The van der Waals surface area contributed by atoms with Gasteiger partial charge in [0, 0.05) is 122 Å². The molecule has 2 unspecified atom stereocenters. The zero-order valence-corrected chi connectivity index (χ0v) is 46.6. The Morgan fingerprint density at radius 3 is 1.65 bits per heavy atom. The molecular formula is C65H63FN10O8. The van der Waals surface area contributed by atoms with Gasteiger partial charge in [0.05, 0.1) is 23.5 Å². The van der Waals surface area contributed by atoms with Gasteiger partial charge in [0.25, 0.3) is 11.8 Å². The van der Waals surface area contributed by atoms with Crippen molar-refractivity contribution in [3.05, 3.63) is 203 Å². The van der Waals surface area contributed by atoms with Crippen molar-refractivity contribution in [3.8, 4) is 56.3 Å². The van der Waals surface area contributed by atoms with E-state index in [1.165, 1.54) is 6.07 Å². The first-order valence-electron chi connectivity index (χ1n) is 28.0. The van der Waals surface area contributed by atoms with Crippen LogP contribution in [0.25, 0.3) is 44.8 Å². The SMILES string of the molecule is CC(C)NC(=O)N1Cc2cc(C(=O)NCc3ccc4c(c3)OC(CC(C)NC(=O)N3Cc5cc(C(=O)NCc6ccccc6F)nc(-c6cccc(-c7cccnc7)c6)c5[C@H]3CCO)O4)nc(-c3cccc(-c4cccnc4)c3)c2[C@H]1CCO. The highest BCUT2D eigenvalue weighted by Gasteiger charge is 2.40. The normalized spacial score (nSPS) is 16.0. The van der Waals surface area contributed by atoms with Gasteiger partial charge < -0.3 is 50.8 Å². The predicted molar refractivity (Wildman–Crippen MR) is 312 cm³/mol. The number of carbonyl (C=O) groups is 4. The first-order chi connectivity index (χ1) is 40.8. The molecule has 428 valence electrons. The van der Waals surface area contributed by atoms with E-state index >= 15 is 0 Å². The number of aliphatic hydroxyl groups excluding tert-OH is 2. The lowest BCUT2D eigenvalue weighted by Crippen LogP contribution is -2.44. The second kappa shape index (κ2) is 24.9. The van der Waals surface area contributed by atoms with Crippen molar-refractivity contribution in [2.75, 3.05) is 13.2 Å². The summed E-state index contributed by atoms with van der Waals surface area (Å²) < 4.78 is 27.1. The molecule has 19 heteroatoms. The van der Waals surface area contributed by atoms with E-state index in [9.17, 15) is 33.8 Å². The number of carbonyl (C=O) groups excluding carboxylic acids is 4. The molecule has 4 aromatic carbocycles. The number of urea groups is 2. The number of benzene rings is 4. The smallest absolute Gasteiger partial charge is 0.318 e. The molecule has 8 aromatic rings. The van der Waals surface area contributed by atoms with Crippen LogP contribution < -0.4 is 30.7 Å². The molecule has 0 aliphatic carbocycles. The number of nitrogens with zero attached hydrogens (tertiary/aromatic N) is 6.